The molecular formula is C6H7F4NO2. The average Bonchev–Trinajstić information content (AvgIpc) is 1.88. The smallest absolute Gasteiger partial charge is 0.269 e. The average molecular weight is 201 g/mol. The van der Waals surface area contributed by atoms with Crippen molar-refractivity contribution in [3.05, 3.63) is 40.2 Å². The number of nitro groups is 1. The summed E-state index contributed by atoms with van der Waals surface area (Å²) in [6.45, 7) is 0. The molecule has 0 atom stereocenters. The van der Waals surface area contributed by atoms with Gasteiger partial charge < -0.3 is 0 Å². The van der Waals surface area contributed by atoms with Gasteiger partial charge in [0.2, 0.25) is 0 Å². The lowest BCUT2D eigenvalue weighted by atomic mass is 10.3. The first-order chi connectivity index (χ1) is 4.70. The van der Waals surface area contributed by atoms with E-state index in [4.69, 9.17) is 0 Å². The van der Waals surface area contributed by atoms with Gasteiger partial charge in [0.05, 0.1) is 4.92 Å². The maximum absolute atomic E-state index is 12.1. The number of hydrogen-bond donors (Lipinski definition) is 0. The molecule has 76 valence electrons. The molecule has 3 nitrogen and oxygen atoms in total. The largest absolute Gasteiger partial charge is 0.269 e. The van der Waals surface area contributed by atoms with E-state index >= 15 is 0 Å². The first-order valence-corrected chi connectivity index (χ1v) is 2.60. The Balaban J connectivity index is -0.000000333. The zero-order chi connectivity index (χ0) is 7.56. The van der Waals surface area contributed by atoms with Crippen LogP contribution in [0.25, 0.3) is 0 Å². The highest BCUT2D eigenvalue weighted by molar-refractivity contribution is 5.28. The van der Waals surface area contributed by atoms with E-state index in [9.17, 15) is 14.5 Å². The van der Waals surface area contributed by atoms with Crippen molar-refractivity contribution in [1.29, 1.82) is 0 Å². The quantitative estimate of drug-likeness (QED) is 0.397. The SMILES string of the molecule is F.F.F.O=[N+]([O-])c1ccc(F)cc1. The van der Waals surface area contributed by atoms with Gasteiger partial charge in [0.15, 0.2) is 0 Å². The summed E-state index contributed by atoms with van der Waals surface area (Å²) in [6.07, 6.45) is 0. The Morgan fingerprint density at radius 2 is 1.46 bits per heavy atom. The van der Waals surface area contributed by atoms with Gasteiger partial charge in [0.1, 0.15) is 5.82 Å². The van der Waals surface area contributed by atoms with Gasteiger partial charge in [-0.1, -0.05) is 0 Å². The van der Waals surface area contributed by atoms with Crippen molar-refractivity contribution in [2.24, 2.45) is 0 Å². The highest BCUT2D eigenvalue weighted by atomic mass is 19.1. The normalized spacial score (nSPS) is 7.15. The summed E-state index contributed by atoms with van der Waals surface area (Å²) in [7, 11) is 0. The first kappa shape index (κ1) is 17.4. The predicted octanol–water partition coefficient (Wildman–Crippen LogP) is 2.19. The Hall–Kier alpha value is -1.66. The maximum atomic E-state index is 12.1. The minimum Gasteiger partial charge on any atom is -0.269 e. The fourth-order valence-electron chi connectivity index (χ4n) is 0.563. The second-order valence-corrected chi connectivity index (χ2v) is 1.73. The zero-order valence-corrected chi connectivity index (χ0v) is 6.18. The molecule has 0 aliphatic carbocycles. The van der Waals surface area contributed by atoms with Crippen LogP contribution in [0.15, 0.2) is 24.3 Å². The third kappa shape index (κ3) is 4.72. The molecule has 0 saturated carbocycles. The zero-order valence-electron chi connectivity index (χ0n) is 6.18. The minimum atomic E-state index is -0.570. The molecule has 13 heavy (non-hydrogen) atoms. The number of nitro benzene ring substituents is 1. The van der Waals surface area contributed by atoms with Crippen LogP contribution in [0.4, 0.5) is 24.2 Å². The summed E-state index contributed by atoms with van der Waals surface area (Å²) in [5, 5.41) is 10.00. The van der Waals surface area contributed by atoms with E-state index in [-0.39, 0.29) is 19.8 Å². The molecule has 0 heterocycles. The third-order valence-corrected chi connectivity index (χ3v) is 1.04. The lowest BCUT2D eigenvalue weighted by molar-refractivity contribution is -0.384. The molecule has 0 N–H and O–H groups in total. The van der Waals surface area contributed by atoms with Crippen molar-refractivity contribution in [2.45, 2.75) is 0 Å². The van der Waals surface area contributed by atoms with Crippen molar-refractivity contribution in [1.82, 2.24) is 0 Å². The highest BCUT2D eigenvalue weighted by Gasteiger charge is 2.01. The van der Waals surface area contributed by atoms with Crippen molar-refractivity contribution in [3.63, 3.8) is 0 Å². The predicted molar refractivity (Wildman–Crippen MR) is 40.6 cm³/mol. The van der Waals surface area contributed by atoms with E-state index in [0.717, 1.165) is 24.3 Å². The van der Waals surface area contributed by atoms with Crippen molar-refractivity contribution < 1.29 is 23.4 Å². The van der Waals surface area contributed by atoms with Gasteiger partial charge in [-0.15, -0.1) is 0 Å². The second kappa shape index (κ2) is 7.01. The summed E-state index contributed by atoms with van der Waals surface area (Å²) < 4.78 is 12.1. The van der Waals surface area contributed by atoms with Crippen molar-refractivity contribution in [2.75, 3.05) is 0 Å². The second-order valence-electron chi connectivity index (χ2n) is 1.73. The van der Waals surface area contributed by atoms with Gasteiger partial charge in [0, 0.05) is 12.1 Å². The number of benzene rings is 1. The van der Waals surface area contributed by atoms with Crippen LogP contribution in [-0.2, 0) is 0 Å². The molecule has 1 aromatic carbocycles. The summed E-state index contributed by atoms with van der Waals surface area (Å²) in [5.74, 6) is -0.467. The van der Waals surface area contributed by atoms with E-state index in [0.29, 0.717) is 0 Å². The number of rotatable bonds is 1. The van der Waals surface area contributed by atoms with Crippen molar-refractivity contribution >= 4 is 5.69 Å². The lowest BCUT2D eigenvalue weighted by Crippen LogP contribution is -1.86. The van der Waals surface area contributed by atoms with Crippen molar-refractivity contribution in [3.8, 4) is 0 Å². The maximum Gasteiger partial charge on any atom is 0.269 e. The molecule has 0 aliphatic heterocycles. The molecule has 0 unspecified atom stereocenters. The summed E-state index contributed by atoms with van der Waals surface area (Å²) in [5.41, 5.74) is -0.0959. The van der Waals surface area contributed by atoms with Gasteiger partial charge in [-0.05, 0) is 12.1 Å². The van der Waals surface area contributed by atoms with E-state index in [2.05, 4.69) is 0 Å². The molecule has 0 amide bonds. The van der Waals surface area contributed by atoms with Crippen LogP contribution >= 0.6 is 0 Å². The molecule has 0 aliphatic rings. The van der Waals surface area contributed by atoms with Crippen LogP contribution in [0.1, 0.15) is 0 Å². The molecule has 0 saturated heterocycles. The van der Waals surface area contributed by atoms with E-state index in [1.54, 1.807) is 0 Å². The van der Waals surface area contributed by atoms with E-state index in [1.165, 1.54) is 0 Å². The molecule has 7 heteroatoms. The van der Waals surface area contributed by atoms with Crippen LogP contribution < -0.4 is 0 Å². The van der Waals surface area contributed by atoms with Gasteiger partial charge in [0.25, 0.3) is 5.69 Å². The Morgan fingerprint density at radius 1 is 1.08 bits per heavy atom. The van der Waals surface area contributed by atoms with Gasteiger partial charge in [-0.3, -0.25) is 24.2 Å². The number of non-ortho nitro benzene ring substituents is 1. The minimum absolute atomic E-state index is 0. The Morgan fingerprint density at radius 3 is 1.77 bits per heavy atom. The van der Waals surface area contributed by atoms with E-state index in [1.807, 2.05) is 0 Å². The fraction of sp³-hybridized carbons (Fsp3) is 0. The summed E-state index contributed by atoms with van der Waals surface area (Å²) in [4.78, 5) is 9.43. The fourth-order valence-corrected chi connectivity index (χ4v) is 0.563. The third-order valence-electron chi connectivity index (χ3n) is 1.04. The number of nitrogens with zero attached hydrogens (tertiary/aromatic N) is 1. The first-order valence-electron chi connectivity index (χ1n) is 2.60. The van der Waals surface area contributed by atoms with Crippen LogP contribution in [-0.4, -0.2) is 4.92 Å². The number of halogens is 4. The molecule has 0 aromatic heterocycles. The molecule has 0 bridgehead atoms. The topological polar surface area (TPSA) is 43.1 Å². The van der Waals surface area contributed by atoms with Crippen LogP contribution in [0.2, 0.25) is 0 Å². The Kier molecular flexibility index (Phi) is 9.41. The van der Waals surface area contributed by atoms with Gasteiger partial charge >= 0.3 is 0 Å². The van der Waals surface area contributed by atoms with Crippen LogP contribution in [0, 0.1) is 15.9 Å². The van der Waals surface area contributed by atoms with Gasteiger partial charge in [-0.25, -0.2) is 4.39 Å². The Bertz CT molecular complexity index is 251. The molecule has 0 fully saturated rings. The van der Waals surface area contributed by atoms with E-state index < -0.39 is 10.7 Å². The molecule has 1 rings (SSSR count). The highest BCUT2D eigenvalue weighted by Crippen LogP contribution is 2.09. The van der Waals surface area contributed by atoms with Crippen LogP contribution in [0.5, 0.6) is 0 Å². The molecular weight excluding hydrogens is 194 g/mol. The summed E-state index contributed by atoms with van der Waals surface area (Å²) in [6, 6.07) is 4.35. The van der Waals surface area contributed by atoms with Crippen LogP contribution in [0.3, 0.4) is 0 Å². The standard InChI is InChI=1S/C6H4FNO2.3FH/c7-5-1-3-6(4-2-5)8(9)10;;;/h1-4H;3*1H. The lowest BCUT2D eigenvalue weighted by Gasteiger charge is -1.87. The monoisotopic (exact) mass is 201 g/mol. The molecule has 1 aromatic rings. The number of hydrogen-bond acceptors (Lipinski definition) is 2. The molecule has 0 spiro atoms. The Labute approximate surface area is 70.4 Å². The molecule has 0 radical (unpaired) electrons. The summed E-state index contributed by atoms with van der Waals surface area (Å²) >= 11 is 0. The van der Waals surface area contributed by atoms with Gasteiger partial charge in [-0.2, -0.15) is 0 Å².